The average molecular weight is 296 g/mol. The maximum atomic E-state index is 12.3. The lowest BCUT2D eigenvalue weighted by atomic mass is 10.1. The number of hydrogen-bond acceptors (Lipinski definition) is 4. The second kappa shape index (κ2) is 7.56. The molecule has 0 radical (unpaired) electrons. The first-order valence-corrected chi connectivity index (χ1v) is 5.51. The van der Waals surface area contributed by atoms with E-state index in [1.807, 2.05) is 0 Å². The second-order valence-corrected chi connectivity index (χ2v) is 3.60. The van der Waals surface area contributed by atoms with E-state index in [-0.39, 0.29) is 29.9 Å². The third kappa shape index (κ3) is 5.33. The highest BCUT2D eigenvalue weighted by atomic mass is 19.3. The lowest BCUT2D eigenvalue weighted by molar-refractivity contribution is -0.140. The lowest BCUT2D eigenvalue weighted by Gasteiger charge is -2.12. The molecule has 8 heteroatoms. The summed E-state index contributed by atoms with van der Waals surface area (Å²) >= 11 is 0. The van der Waals surface area contributed by atoms with Crippen LogP contribution in [0.3, 0.4) is 0 Å². The lowest BCUT2D eigenvalue weighted by Crippen LogP contribution is -2.08. The summed E-state index contributed by atoms with van der Waals surface area (Å²) in [5.41, 5.74) is 0.261. The Kier molecular flexibility index (Phi) is 6.08. The zero-order valence-electron chi connectivity index (χ0n) is 10.4. The molecule has 0 spiro atoms. The van der Waals surface area contributed by atoms with Crippen molar-refractivity contribution in [2.75, 3.05) is 7.11 Å². The maximum absolute atomic E-state index is 12.3. The van der Waals surface area contributed by atoms with Crippen LogP contribution in [0.5, 0.6) is 11.5 Å². The van der Waals surface area contributed by atoms with Gasteiger partial charge in [0.05, 0.1) is 7.11 Å². The van der Waals surface area contributed by atoms with Gasteiger partial charge >= 0.3 is 19.2 Å². The Balaban J connectivity index is 2.88. The van der Waals surface area contributed by atoms with Crippen LogP contribution < -0.4 is 9.47 Å². The minimum atomic E-state index is -3.12. The van der Waals surface area contributed by atoms with E-state index >= 15 is 0 Å². The van der Waals surface area contributed by atoms with Gasteiger partial charge in [-0.15, -0.1) is 0 Å². The van der Waals surface area contributed by atoms with Crippen molar-refractivity contribution in [3.63, 3.8) is 0 Å². The van der Waals surface area contributed by atoms with Crippen molar-refractivity contribution in [2.24, 2.45) is 0 Å². The van der Waals surface area contributed by atoms with Gasteiger partial charge in [0, 0.05) is 12.5 Å². The largest absolute Gasteiger partial charge is 0.469 e. The van der Waals surface area contributed by atoms with Crippen molar-refractivity contribution in [2.45, 2.75) is 26.1 Å². The average Bonchev–Trinajstić information content (AvgIpc) is 2.36. The van der Waals surface area contributed by atoms with Crippen LogP contribution in [-0.4, -0.2) is 26.3 Å². The Morgan fingerprint density at radius 1 is 1.15 bits per heavy atom. The molecule has 0 aliphatic carbocycles. The van der Waals surface area contributed by atoms with E-state index in [2.05, 4.69) is 14.2 Å². The fraction of sp³-hybridized carbons (Fsp3) is 0.417. The Morgan fingerprint density at radius 3 is 2.35 bits per heavy atom. The summed E-state index contributed by atoms with van der Waals surface area (Å²) in [6.07, 6.45) is 0.0227. The highest BCUT2D eigenvalue weighted by Crippen LogP contribution is 2.28. The highest BCUT2D eigenvalue weighted by Gasteiger charge is 2.14. The summed E-state index contributed by atoms with van der Waals surface area (Å²) in [7, 11) is 1.19. The number of esters is 1. The summed E-state index contributed by atoms with van der Waals surface area (Å²) in [6.45, 7) is -6.19. The number of hydrogen-bond donors (Lipinski definition) is 0. The van der Waals surface area contributed by atoms with E-state index in [4.69, 9.17) is 0 Å². The zero-order valence-corrected chi connectivity index (χ0v) is 10.4. The predicted molar refractivity (Wildman–Crippen MR) is 60.0 cm³/mol. The number of ether oxygens (including phenoxy) is 3. The predicted octanol–water partition coefficient (Wildman–Crippen LogP) is 3.00. The number of alkyl halides is 4. The first-order valence-electron chi connectivity index (χ1n) is 5.51. The molecule has 0 N–H and O–H groups in total. The summed E-state index contributed by atoms with van der Waals surface area (Å²) in [5.74, 6) is -1.15. The number of aryl methyl sites for hydroxylation is 1. The van der Waals surface area contributed by atoms with Gasteiger partial charge in [0.2, 0.25) is 0 Å². The summed E-state index contributed by atoms with van der Waals surface area (Å²) in [4.78, 5) is 11.0. The fourth-order valence-corrected chi connectivity index (χ4v) is 1.46. The molecule has 112 valence electrons. The third-order valence-electron chi connectivity index (χ3n) is 2.31. The summed E-state index contributed by atoms with van der Waals surface area (Å²) in [5, 5.41) is 0. The van der Waals surface area contributed by atoms with E-state index in [0.29, 0.717) is 0 Å². The van der Waals surface area contributed by atoms with Gasteiger partial charge in [-0.25, -0.2) is 0 Å². The van der Waals surface area contributed by atoms with Gasteiger partial charge in [-0.05, 0) is 18.1 Å². The quantitative estimate of drug-likeness (QED) is 0.573. The van der Waals surface area contributed by atoms with Crippen LogP contribution in [0.2, 0.25) is 0 Å². The van der Waals surface area contributed by atoms with Gasteiger partial charge in [-0.1, -0.05) is 6.07 Å². The Bertz CT molecular complexity index is 451. The molecule has 0 aromatic heterocycles. The SMILES string of the molecule is COC(=O)CCc1ccc(OC(F)F)cc1OC(F)F. The summed E-state index contributed by atoms with van der Waals surface area (Å²) in [6, 6.07) is 3.38. The van der Waals surface area contributed by atoms with E-state index in [9.17, 15) is 22.4 Å². The number of halogens is 4. The molecule has 1 rings (SSSR count). The molecule has 0 aliphatic heterocycles. The van der Waals surface area contributed by atoms with Gasteiger partial charge in [0.15, 0.2) is 0 Å². The molecular formula is C12H12F4O4. The molecule has 1 aromatic carbocycles. The second-order valence-electron chi connectivity index (χ2n) is 3.60. The highest BCUT2D eigenvalue weighted by molar-refractivity contribution is 5.69. The molecule has 0 aliphatic rings. The van der Waals surface area contributed by atoms with Crippen LogP contribution in [0.15, 0.2) is 18.2 Å². The number of benzene rings is 1. The zero-order chi connectivity index (χ0) is 15.1. The molecule has 0 saturated heterocycles. The fourth-order valence-electron chi connectivity index (χ4n) is 1.46. The minimum Gasteiger partial charge on any atom is -0.469 e. The molecule has 0 bridgehead atoms. The molecular weight excluding hydrogens is 284 g/mol. The molecule has 0 atom stereocenters. The van der Waals surface area contributed by atoms with Crippen molar-refractivity contribution in [3.8, 4) is 11.5 Å². The van der Waals surface area contributed by atoms with Crippen molar-refractivity contribution in [3.05, 3.63) is 23.8 Å². The number of rotatable bonds is 7. The molecule has 0 heterocycles. The Hall–Kier alpha value is -1.99. The first-order chi connectivity index (χ1) is 9.42. The van der Waals surface area contributed by atoms with Crippen LogP contribution in [0.1, 0.15) is 12.0 Å². The minimum absolute atomic E-state index is 0.0504. The van der Waals surface area contributed by atoms with Crippen molar-refractivity contribution >= 4 is 5.97 Å². The maximum Gasteiger partial charge on any atom is 0.387 e. The van der Waals surface area contributed by atoms with Crippen molar-refractivity contribution in [1.29, 1.82) is 0 Å². The molecule has 20 heavy (non-hydrogen) atoms. The molecule has 1 aromatic rings. The smallest absolute Gasteiger partial charge is 0.387 e. The Morgan fingerprint density at radius 2 is 1.80 bits per heavy atom. The van der Waals surface area contributed by atoms with Crippen LogP contribution >= 0.6 is 0 Å². The van der Waals surface area contributed by atoms with Crippen LogP contribution in [0.25, 0.3) is 0 Å². The van der Waals surface area contributed by atoms with Crippen LogP contribution in [0.4, 0.5) is 17.6 Å². The number of carbonyl (C=O) groups excluding carboxylic acids is 1. The monoisotopic (exact) mass is 296 g/mol. The van der Waals surface area contributed by atoms with E-state index in [0.717, 1.165) is 6.07 Å². The van der Waals surface area contributed by atoms with Gasteiger partial charge in [0.1, 0.15) is 11.5 Å². The standard InChI is InChI=1S/C12H12F4O4/c1-18-10(17)5-3-7-2-4-8(19-11(13)14)6-9(7)20-12(15)16/h2,4,6,11-12H,3,5H2,1H3. The molecule has 0 fully saturated rings. The van der Waals surface area contributed by atoms with Crippen molar-refractivity contribution < 1.29 is 36.6 Å². The first kappa shape index (κ1) is 16.1. The van der Waals surface area contributed by atoms with Gasteiger partial charge in [0.25, 0.3) is 0 Å². The van der Waals surface area contributed by atoms with E-state index in [1.54, 1.807) is 0 Å². The molecule has 0 amide bonds. The van der Waals surface area contributed by atoms with Gasteiger partial charge in [-0.2, -0.15) is 17.6 Å². The van der Waals surface area contributed by atoms with Crippen LogP contribution in [-0.2, 0) is 16.0 Å². The molecule has 4 nitrogen and oxygen atoms in total. The molecule has 0 saturated carbocycles. The van der Waals surface area contributed by atoms with Crippen LogP contribution in [0, 0.1) is 0 Å². The third-order valence-corrected chi connectivity index (χ3v) is 2.31. The van der Waals surface area contributed by atoms with Crippen molar-refractivity contribution in [1.82, 2.24) is 0 Å². The molecule has 0 unspecified atom stereocenters. The normalized spacial score (nSPS) is 10.8. The summed E-state index contributed by atoms with van der Waals surface area (Å²) < 4.78 is 61.3. The van der Waals surface area contributed by atoms with Gasteiger partial charge in [-0.3, -0.25) is 4.79 Å². The Labute approximate surface area is 112 Å². The van der Waals surface area contributed by atoms with E-state index in [1.165, 1.54) is 19.2 Å². The topological polar surface area (TPSA) is 44.8 Å². The number of carbonyl (C=O) groups is 1. The van der Waals surface area contributed by atoms with E-state index < -0.39 is 19.2 Å². The number of methoxy groups -OCH3 is 1. The van der Waals surface area contributed by atoms with Gasteiger partial charge < -0.3 is 14.2 Å².